The summed E-state index contributed by atoms with van der Waals surface area (Å²) >= 11 is 0. The van der Waals surface area contributed by atoms with E-state index in [1.807, 2.05) is 0 Å². The number of hydrogen-bond acceptors (Lipinski definition) is 7. The maximum absolute atomic E-state index is 15.3. The molecule has 1 amide bonds. The lowest BCUT2D eigenvalue weighted by Crippen LogP contribution is -2.26. The van der Waals surface area contributed by atoms with Gasteiger partial charge in [-0.05, 0) is 35.9 Å². The van der Waals surface area contributed by atoms with E-state index in [2.05, 4.69) is 19.4 Å². The number of benzene rings is 2. The van der Waals surface area contributed by atoms with Crippen molar-refractivity contribution in [2.75, 3.05) is 16.7 Å². The number of methoxy groups -OCH3 is 1. The van der Waals surface area contributed by atoms with E-state index < -0.39 is 33.5 Å². The Bertz CT molecular complexity index is 1590. The summed E-state index contributed by atoms with van der Waals surface area (Å²) in [7, 11) is -2.84. The van der Waals surface area contributed by atoms with Gasteiger partial charge in [0.15, 0.2) is 5.82 Å². The van der Waals surface area contributed by atoms with Crippen LogP contribution in [0, 0.1) is 5.82 Å². The zero-order chi connectivity index (χ0) is 28.4. The maximum Gasteiger partial charge on any atom is 0.416 e. The lowest BCUT2D eigenvalue weighted by Gasteiger charge is -2.24. The molecule has 0 radical (unpaired) electrons. The molecule has 0 aliphatic rings. The molecular weight excluding hydrogens is 544 g/mol. The SMILES string of the molecule is CCC(=O)N(c1ccc(S(=O)(=O)Nc2ccon2)cn1)c1cc(F)c(-c2cccc(C(F)(F)F)c2)cc1OC. The minimum atomic E-state index is -4.63. The molecular formula is C25H20F4N4O5S. The second-order valence-electron chi connectivity index (χ2n) is 8.01. The van der Waals surface area contributed by atoms with E-state index >= 15 is 4.39 Å². The Hall–Kier alpha value is -4.46. The van der Waals surface area contributed by atoms with Crippen molar-refractivity contribution in [2.45, 2.75) is 24.4 Å². The minimum Gasteiger partial charge on any atom is -0.495 e. The van der Waals surface area contributed by atoms with Crippen molar-refractivity contribution in [3.05, 3.63) is 78.4 Å². The first kappa shape index (κ1) is 27.6. The van der Waals surface area contributed by atoms with Gasteiger partial charge in [-0.15, -0.1) is 0 Å². The van der Waals surface area contributed by atoms with Crippen molar-refractivity contribution in [3.63, 3.8) is 0 Å². The molecule has 9 nitrogen and oxygen atoms in total. The number of hydrogen-bond donors (Lipinski definition) is 1. The number of amides is 1. The largest absolute Gasteiger partial charge is 0.495 e. The second kappa shape index (κ2) is 10.7. The molecule has 14 heteroatoms. The normalized spacial score (nSPS) is 11.7. The minimum absolute atomic E-state index is 0.0307. The van der Waals surface area contributed by atoms with Crippen LogP contribution in [0.15, 0.2) is 76.5 Å². The number of nitrogens with one attached hydrogen (secondary N) is 1. The predicted molar refractivity (Wildman–Crippen MR) is 132 cm³/mol. The van der Waals surface area contributed by atoms with E-state index in [0.717, 1.165) is 35.4 Å². The first-order valence-electron chi connectivity index (χ1n) is 11.2. The van der Waals surface area contributed by atoms with Crippen molar-refractivity contribution >= 4 is 33.3 Å². The molecule has 0 spiro atoms. The smallest absolute Gasteiger partial charge is 0.416 e. The van der Waals surface area contributed by atoms with E-state index in [-0.39, 0.29) is 45.5 Å². The zero-order valence-electron chi connectivity index (χ0n) is 20.4. The Morgan fingerprint density at radius 2 is 1.90 bits per heavy atom. The van der Waals surface area contributed by atoms with Crippen LogP contribution >= 0.6 is 0 Å². The highest BCUT2D eigenvalue weighted by molar-refractivity contribution is 7.92. The topological polar surface area (TPSA) is 115 Å². The fraction of sp³-hybridized carbons (Fsp3) is 0.160. The van der Waals surface area contributed by atoms with Gasteiger partial charge in [0, 0.05) is 30.3 Å². The summed E-state index contributed by atoms with van der Waals surface area (Å²) < 4.78 is 92.2. The first-order chi connectivity index (χ1) is 18.4. The van der Waals surface area contributed by atoms with Crippen molar-refractivity contribution in [2.24, 2.45) is 0 Å². The predicted octanol–water partition coefficient (Wildman–Crippen LogP) is 5.78. The number of anilines is 3. The van der Waals surface area contributed by atoms with Gasteiger partial charge in [-0.3, -0.25) is 14.4 Å². The van der Waals surface area contributed by atoms with Crippen LogP contribution in [0.5, 0.6) is 5.75 Å². The quantitative estimate of drug-likeness (QED) is 0.270. The number of carbonyl (C=O) groups excluding carboxylic acids is 1. The van der Waals surface area contributed by atoms with E-state index in [1.165, 1.54) is 43.7 Å². The van der Waals surface area contributed by atoms with Crippen molar-refractivity contribution in [1.82, 2.24) is 10.1 Å². The van der Waals surface area contributed by atoms with Gasteiger partial charge in [0.25, 0.3) is 10.0 Å². The van der Waals surface area contributed by atoms with E-state index in [1.54, 1.807) is 6.92 Å². The Morgan fingerprint density at radius 1 is 1.13 bits per heavy atom. The molecule has 4 rings (SSSR count). The van der Waals surface area contributed by atoms with E-state index in [9.17, 15) is 26.4 Å². The summed E-state index contributed by atoms with van der Waals surface area (Å²) in [5, 5.41) is 3.48. The van der Waals surface area contributed by atoms with Crippen molar-refractivity contribution in [3.8, 4) is 16.9 Å². The van der Waals surface area contributed by atoms with Crippen LogP contribution in [-0.4, -0.2) is 31.6 Å². The molecule has 2 aromatic carbocycles. The molecule has 0 saturated heterocycles. The summed E-state index contributed by atoms with van der Waals surface area (Å²) in [4.78, 5) is 17.8. The Morgan fingerprint density at radius 3 is 2.49 bits per heavy atom. The molecule has 0 saturated carbocycles. The molecule has 4 aromatic rings. The van der Waals surface area contributed by atoms with E-state index in [4.69, 9.17) is 4.74 Å². The van der Waals surface area contributed by atoms with Gasteiger partial charge >= 0.3 is 6.18 Å². The number of nitrogens with zero attached hydrogens (tertiary/aromatic N) is 3. The van der Waals surface area contributed by atoms with Gasteiger partial charge in [0.1, 0.15) is 28.5 Å². The third-order valence-electron chi connectivity index (χ3n) is 5.50. The maximum atomic E-state index is 15.3. The van der Waals surface area contributed by atoms with Crippen LogP contribution in [0.3, 0.4) is 0 Å². The number of rotatable bonds is 8. The van der Waals surface area contributed by atoms with Crippen molar-refractivity contribution < 1.29 is 40.0 Å². The molecule has 0 fully saturated rings. The molecule has 2 heterocycles. The van der Waals surface area contributed by atoms with Gasteiger partial charge in [0.05, 0.1) is 18.4 Å². The van der Waals surface area contributed by atoms with Crippen LogP contribution in [0.25, 0.3) is 11.1 Å². The lowest BCUT2D eigenvalue weighted by atomic mass is 10.0. The average molecular weight is 565 g/mol. The number of carbonyl (C=O) groups is 1. The monoisotopic (exact) mass is 564 g/mol. The fourth-order valence-electron chi connectivity index (χ4n) is 3.63. The highest BCUT2D eigenvalue weighted by atomic mass is 32.2. The number of sulfonamides is 1. The molecule has 0 aliphatic carbocycles. The third kappa shape index (κ3) is 5.85. The fourth-order valence-corrected chi connectivity index (χ4v) is 4.57. The summed E-state index contributed by atoms with van der Waals surface area (Å²) in [6, 6.07) is 9.98. The van der Waals surface area contributed by atoms with Gasteiger partial charge in [0.2, 0.25) is 5.91 Å². The Labute approximate surface area is 220 Å². The van der Waals surface area contributed by atoms with Gasteiger partial charge in [-0.1, -0.05) is 24.2 Å². The molecule has 0 unspecified atom stereocenters. The summed E-state index contributed by atoms with van der Waals surface area (Å²) in [5.41, 5.74) is -1.27. The Kier molecular flexibility index (Phi) is 7.58. The van der Waals surface area contributed by atoms with Crippen molar-refractivity contribution in [1.29, 1.82) is 0 Å². The van der Waals surface area contributed by atoms with Crippen LogP contribution in [0.2, 0.25) is 0 Å². The van der Waals surface area contributed by atoms with Crippen LogP contribution in [0.1, 0.15) is 18.9 Å². The van der Waals surface area contributed by atoms with Crippen LogP contribution < -0.4 is 14.4 Å². The lowest BCUT2D eigenvalue weighted by molar-refractivity contribution is -0.137. The molecule has 1 N–H and O–H groups in total. The number of ether oxygens (including phenoxy) is 1. The Balaban J connectivity index is 1.75. The number of halogens is 4. The number of pyridine rings is 1. The van der Waals surface area contributed by atoms with Crippen LogP contribution in [-0.2, 0) is 21.0 Å². The van der Waals surface area contributed by atoms with Gasteiger partial charge < -0.3 is 9.26 Å². The van der Waals surface area contributed by atoms with Gasteiger partial charge in [-0.25, -0.2) is 17.8 Å². The molecule has 2 aromatic heterocycles. The first-order valence-corrected chi connectivity index (χ1v) is 12.7. The van der Waals surface area contributed by atoms with Gasteiger partial charge in [-0.2, -0.15) is 13.2 Å². The standard InChI is InChI=1S/C25H20F4N4O5S/c1-3-24(34)33(23-8-7-17(14-30-23)39(35,36)32-22-9-10-38-31-22)20-13-19(26)18(12-21(20)37-2)15-5-4-6-16(11-15)25(27,28)29/h4-14H,3H2,1-2H3,(H,31,32). The molecule has 0 aliphatic heterocycles. The highest BCUT2D eigenvalue weighted by Crippen LogP contribution is 2.40. The third-order valence-corrected chi connectivity index (χ3v) is 6.84. The molecule has 204 valence electrons. The highest BCUT2D eigenvalue weighted by Gasteiger charge is 2.31. The molecule has 39 heavy (non-hydrogen) atoms. The molecule has 0 bridgehead atoms. The second-order valence-corrected chi connectivity index (χ2v) is 9.69. The summed E-state index contributed by atoms with van der Waals surface area (Å²) in [6.07, 6.45) is -2.50. The summed E-state index contributed by atoms with van der Waals surface area (Å²) in [5.74, 6) is -1.59. The average Bonchev–Trinajstić information content (AvgIpc) is 3.41. The number of alkyl halides is 3. The van der Waals surface area contributed by atoms with Crippen LogP contribution in [0.4, 0.5) is 34.9 Å². The van der Waals surface area contributed by atoms with E-state index in [0.29, 0.717) is 0 Å². The zero-order valence-corrected chi connectivity index (χ0v) is 21.2. The summed E-state index contributed by atoms with van der Waals surface area (Å²) in [6.45, 7) is 1.55. The molecule has 0 atom stereocenters. The number of aromatic nitrogens is 2.